The summed E-state index contributed by atoms with van der Waals surface area (Å²) in [7, 11) is 0. The van der Waals surface area contributed by atoms with Crippen LogP contribution in [-0.2, 0) is 21.1 Å². The van der Waals surface area contributed by atoms with Gasteiger partial charge in [0.1, 0.15) is 0 Å². The normalized spacial score (nSPS) is 11.0. The van der Waals surface area contributed by atoms with Crippen LogP contribution in [0.15, 0.2) is 146 Å². The standard InChI is InChI=1S/C38H24N4O.Pt/c1-3-13-29(14-4-1)39-27-41(37-23-9-7-21-35(37)39)31-17-11-19-33(25-31)43-34-20-12-18-32(26-34)42-28-40(30-15-5-2-6-16-30)36-22-8-10-24-38(36)42;/h1-24H;/q-2;+4. The number of nitrogens with zero attached hydrogens (tertiary/aromatic N) is 4. The molecule has 0 amide bonds. The number of hydrogen-bond acceptors (Lipinski definition) is 1. The van der Waals surface area contributed by atoms with Crippen LogP contribution in [0.1, 0.15) is 0 Å². The topological polar surface area (TPSA) is 26.8 Å². The van der Waals surface area contributed by atoms with E-state index in [1.807, 2.05) is 106 Å². The Hall–Kier alpha value is -5.25. The van der Waals surface area contributed by atoms with E-state index in [1.54, 1.807) is 0 Å². The molecule has 0 radical (unpaired) electrons. The summed E-state index contributed by atoms with van der Waals surface area (Å²) in [5.41, 5.74) is 7.89. The Morgan fingerprint density at radius 3 is 1.30 bits per heavy atom. The summed E-state index contributed by atoms with van der Waals surface area (Å²) in [5.74, 6) is 1.17. The number of benzene rings is 6. The average Bonchev–Trinajstić information content (AvgIpc) is 3.66. The summed E-state index contributed by atoms with van der Waals surface area (Å²) in [6, 6.07) is 55.6. The predicted octanol–water partition coefficient (Wildman–Crippen LogP) is 7.12. The third-order valence-electron chi connectivity index (χ3n) is 7.36. The number of imidazole rings is 2. The monoisotopic (exact) mass is 747 g/mol. The fraction of sp³-hybridized carbons (Fsp3) is 0. The number of ether oxygens (including phenoxy) is 1. The van der Waals surface area contributed by atoms with Crippen molar-refractivity contribution < 1.29 is 34.9 Å². The van der Waals surface area contributed by atoms with Gasteiger partial charge in [0.05, 0.1) is 33.4 Å². The van der Waals surface area contributed by atoms with Crippen molar-refractivity contribution >= 4 is 22.1 Å². The van der Waals surface area contributed by atoms with E-state index in [0.29, 0.717) is 11.5 Å². The minimum atomic E-state index is 0. The first-order valence-corrected chi connectivity index (χ1v) is 14.1. The first kappa shape index (κ1) is 27.6. The van der Waals surface area contributed by atoms with Crippen molar-refractivity contribution in [2.45, 2.75) is 0 Å². The SMILES string of the molecule is [Pt+4].[c-]1c(Oc2[c-]c(-n3[c-][n+](-c4ccccc4)c4ccccc43)ccc2)cccc1-n1[c-][n+](-c2ccccc2)c2ccccc21. The third-order valence-corrected chi connectivity index (χ3v) is 7.36. The van der Waals surface area contributed by atoms with Crippen LogP contribution in [0.25, 0.3) is 44.8 Å². The summed E-state index contributed by atoms with van der Waals surface area (Å²) < 4.78 is 14.5. The zero-order valence-corrected chi connectivity index (χ0v) is 25.6. The van der Waals surface area contributed by atoms with Gasteiger partial charge in [-0.25, -0.2) is 0 Å². The molecule has 0 fully saturated rings. The van der Waals surface area contributed by atoms with E-state index in [2.05, 4.69) is 82.5 Å². The van der Waals surface area contributed by atoms with E-state index in [1.165, 1.54) is 0 Å². The van der Waals surface area contributed by atoms with Gasteiger partial charge in [-0.1, -0.05) is 84.9 Å². The largest absolute Gasteiger partial charge is 4.00 e. The number of rotatable bonds is 6. The summed E-state index contributed by atoms with van der Waals surface area (Å²) >= 11 is 0. The minimum Gasteiger partial charge on any atom is -0.510 e. The fourth-order valence-corrected chi connectivity index (χ4v) is 5.39. The molecule has 0 spiro atoms. The molecule has 5 nitrogen and oxygen atoms in total. The van der Waals surface area contributed by atoms with Gasteiger partial charge in [-0.15, -0.1) is 24.3 Å². The second kappa shape index (κ2) is 11.8. The molecule has 0 N–H and O–H groups in total. The van der Waals surface area contributed by atoms with Crippen LogP contribution in [0, 0.1) is 24.8 Å². The van der Waals surface area contributed by atoms with Crippen molar-refractivity contribution in [1.82, 2.24) is 9.13 Å². The molecule has 6 aromatic carbocycles. The molecule has 0 unspecified atom stereocenters. The first-order valence-electron chi connectivity index (χ1n) is 14.1. The van der Waals surface area contributed by atoms with Gasteiger partial charge in [0, 0.05) is 11.5 Å². The molecular formula is C38H24N4OPt+2. The fourth-order valence-electron chi connectivity index (χ4n) is 5.39. The van der Waals surface area contributed by atoms with Crippen LogP contribution < -0.4 is 13.9 Å². The van der Waals surface area contributed by atoms with E-state index in [4.69, 9.17) is 4.74 Å². The molecule has 6 heteroatoms. The summed E-state index contributed by atoms with van der Waals surface area (Å²) in [6.45, 7) is 0. The molecule has 8 rings (SSSR count). The van der Waals surface area contributed by atoms with Gasteiger partial charge < -0.3 is 13.9 Å². The Balaban J connectivity index is 0.00000312. The molecule has 210 valence electrons. The van der Waals surface area contributed by atoms with Gasteiger partial charge in [-0.2, -0.15) is 24.3 Å². The molecule has 0 atom stereocenters. The van der Waals surface area contributed by atoms with Crippen molar-refractivity contribution in [2.24, 2.45) is 0 Å². The van der Waals surface area contributed by atoms with Gasteiger partial charge in [0.2, 0.25) is 0 Å². The van der Waals surface area contributed by atoms with Crippen LogP contribution in [-0.4, -0.2) is 9.13 Å². The average molecular weight is 748 g/mol. The first-order chi connectivity index (χ1) is 21.3. The number of hydrogen-bond donors (Lipinski definition) is 0. The zero-order valence-electron chi connectivity index (χ0n) is 23.4. The van der Waals surface area contributed by atoms with Crippen molar-refractivity contribution in [3.8, 4) is 34.2 Å². The van der Waals surface area contributed by atoms with E-state index < -0.39 is 0 Å². The van der Waals surface area contributed by atoms with Crippen molar-refractivity contribution in [1.29, 1.82) is 0 Å². The van der Waals surface area contributed by atoms with Crippen molar-refractivity contribution in [2.75, 3.05) is 0 Å². The predicted molar refractivity (Wildman–Crippen MR) is 165 cm³/mol. The Morgan fingerprint density at radius 2 is 0.841 bits per heavy atom. The quantitative estimate of drug-likeness (QED) is 0.132. The van der Waals surface area contributed by atoms with Gasteiger partial charge in [-0.3, -0.25) is 9.13 Å². The summed E-state index contributed by atoms with van der Waals surface area (Å²) in [4.78, 5) is 0. The number of fused-ring (bicyclic) bond motifs is 2. The van der Waals surface area contributed by atoms with Gasteiger partial charge in [0.15, 0.2) is 0 Å². The maximum absolute atomic E-state index is 6.33. The number of aromatic nitrogens is 4. The van der Waals surface area contributed by atoms with Crippen LogP contribution in [0.4, 0.5) is 0 Å². The van der Waals surface area contributed by atoms with Crippen LogP contribution >= 0.6 is 0 Å². The molecule has 44 heavy (non-hydrogen) atoms. The molecule has 0 saturated heterocycles. The van der Waals surface area contributed by atoms with E-state index in [0.717, 1.165) is 44.8 Å². The third kappa shape index (κ3) is 5.02. The van der Waals surface area contributed by atoms with E-state index in [-0.39, 0.29) is 21.1 Å². The van der Waals surface area contributed by atoms with Crippen LogP contribution in [0.2, 0.25) is 0 Å². The Morgan fingerprint density at radius 1 is 0.432 bits per heavy atom. The molecule has 0 aliphatic carbocycles. The van der Waals surface area contributed by atoms with Crippen molar-refractivity contribution in [3.05, 3.63) is 170 Å². The maximum atomic E-state index is 6.33. The van der Waals surface area contributed by atoms with Crippen LogP contribution in [0.3, 0.4) is 0 Å². The smallest absolute Gasteiger partial charge is 0.510 e. The minimum absolute atomic E-state index is 0. The second-order valence-corrected chi connectivity index (χ2v) is 10.1. The Labute approximate surface area is 269 Å². The molecule has 0 aliphatic heterocycles. The molecule has 0 saturated carbocycles. The van der Waals surface area contributed by atoms with Crippen molar-refractivity contribution in [3.63, 3.8) is 0 Å². The van der Waals surface area contributed by atoms with Gasteiger partial charge >= 0.3 is 21.1 Å². The summed E-state index contributed by atoms with van der Waals surface area (Å²) in [6.07, 6.45) is 7.01. The second-order valence-electron chi connectivity index (χ2n) is 10.1. The number of para-hydroxylation sites is 6. The Bertz CT molecular complexity index is 2060. The molecule has 2 heterocycles. The zero-order chi connectivity index (χ0) is 28.6. The summed E-state index contributed by atoms with van der Waals surface area (Å²) in [5, 5.41) is 0. The molecular weight excluding hydrogens is 724 g/mol. The molecule has 0 bridgehead atoms. The molecule has 2 aromatic heterocycles. The van der Waals surface area contributed by atoms with Gasteiger partial charge in [0.25, 0.3) is 12.7 Å². The van der Waals surface area contributed by atoms with E-state index in [9.17, 15) is 0 Å². The Kier molecular flexibility index (Phi) is 7.39. The maximum Gasteiger partial charge on any atom is 4.00 e. The molecule has 8 aromatic rings. The van der Waals surface area contributed by atoms with E-state index >= 15 is 0 Å². The van der Waals surface area contributed by atoms with Crippen LogP contribution in [0.5, 0.6) is 11.5 Å². The molecule has 0 aliphatic rings. The van der Waals surface area contributed by atoms with Gasteiger partial charge in [-0.05, 0) is 35.6 Å².